The van der Waals surface area contributed by atoms with Gasteiger partial charge in [0.25, 0.3) is 0 Å². The first-order chi connectivity index (χ1) is 32.2. The molecule has 1 fully saturated rings. The molecule has 0 bridgehead atoms. The number of ketones is 1. The number of aliphatic hydroxyl groups excluding tert-OH is 2. The zero-order valence-corrected chi connectivity index (χ0v) is 39.9. The molecule has 23 heteroatoms. The number of methoxy groups -OCH3 is 1. The number of unbranched alkanes of at least 4 members (excludes halogenated alkanes) is 2. The minimum atomic E-state index is -1.43. The molecular weight excluding hydrogens is 885 g/mol. The Balaban J connectivity index is 1.54. The molecule has 374 valence electrons. The third-order valence-electron chi connectivity index (χ3n) is 10.9. The lowest BCUT2D eigenvalue weighted by Crippen LogP contribution is -2.58. The Labute approximate surface area is 395 Å². The molecule has 4 amide bonds. The van der Waals surface area contributed by atoms with Gasteiger partial charge in [0.15, 0.2) is 29.2 Å². The van der Waals surface area contributed by atoms with E-state index in [-0.39, 0.29) is 44.0 Å². The van der Waals surface area contributed by atoms with Crippen molar-refractivity contribution in [2.24, 2.45) is 22.4 Å². The van der Waals surface area contributed by atoms with E-state index in [4.69, 9.17) is 25.7 Å². The first-order valence-electron chi connectivity index (χ1n) is 22.6. The highest BCUT2D eigenvalue weighted by atomic mass is 16.6. The number of nitrogens with two attached hydrogens (primary N) is 2. The predicted molar refractivity (Wildman–Crippen MR) is 250 cm³/mol. The predicted octanol–water partition coefficient (Wildman–Crippen LogP) is -0.0941. The number of Topliss-reactive ketones (excluding diaryl/α,β-unsaturated/α-hetero) is 1. The van der Waals surface area contributed by atoms with Crippen LogP contribution in [0.3, 0.4) is 0 Å². The van der Waals surface area contributed by atoms with Crippen molar-refractivity contribution in [3.8, 4) is 5.75 Å². The van der Waals surface area contributed by atoms with Crippen LogP contribution in [0.4, 0.5) is 5.82 Å². The number of carbonyl (C=O) groups excluding carboxylic acids is 6. The zero-order chi connectivity index (χ0) is 50.1. The van der Waals surface area contributed by atoms with Crippen LogP contribution in [0.2, 0.25) is 0 Å². The molecule has 0 aliphatic carbocycles. The number of anilines is 1. The molecule has 7 atom stereocenters. The topological polar surface area (TPSA) is 330 Å². The van der Waals surface area contributed by atoms with Gasteiger partial charge in [-0.05, 0) is 71.1 Å². The molecule has 10 N–H and O–H groups in total. The van der Waals surface area contributed by atoms with Crippen LogP contribution in [0.25, 0.3) is 11.2 Å². The smallest absolute Gasteiger partial charge is 0.307 e. The lowest BCUT2D eigenvalue weighted by atomic mass is 9.98. The van der Waals surface area contributed by atoms with Crippen molar-refractivity contribution in [1.82, 2.24) is 40.8 Å². The van der Waals surface area contributed by atoms with E-state index in [9.17, 15) is 39.0 Å². The Morgan fingerprint density at radius 2 is 1.66 bits per heavy atom. The summed E-state index contributed by atoms with van der Waals surface area (Å²) >= 11 is 0. The summed E-state index contributed by atoms with van der Waals surface area (Å²) in [5.74, 6) is -3.33. The van der Waals surface area contributed by atoms with E-state index in [1.165, 1.54) is 31.3 Å². The molecule has 3 aromatic rings. The van der Waals surface area contributed by atoms with Gasteiger partial charge in [-0.1, -0.05) is 25.0 Å². The van der Waals surface area contributed by atoms with Crippen molar-refractivity contribution in [3.05, 3.63) is 42.5 Å². The summed E-state index contributed by atoms with van der Waals surface area (Å²) in [4.78, 5) is 98.6. The second kappa shape index (κ2) is 25.6. The Morgan fingerprint density at radius 3 is 2.29 bits per heavy atom. The molecular formula is C45H68N12O11. The molecule has 0 spiro atoms. The number of amides is 4. The number of nitrogens with zero attached hydrogens (tertiary/aromatic N) is 6. The van der Waals surface area contributed by atoms with E-state index in [0.29, 0.717) is 60.4 Å². The first kappa shape index (κ1) is 54.1. The van der Waals surface area contributed by atoms with Gasteiger partial charge in [-0.15, -0.1) is 0 Å². The number of imidazole rings is 1. The molecule has 4 unspecified atom stereocenters. The number of esters is 1. The minimum absolute atomic E-state index is 0.00952. The number of nitrogens with one attached hydrogen (secondary N) is 4. The van der Waals surface area contributed by atoms with E-state index in [2.05, 4.69) is 41.2 Å². The lowest BCUT2D eigenvalue weighted by molar-refractivity contribution is -0.157. The number of hydrogen-bond acceptors (Lipinski definition) is 16. The summed E-state index contributed by atoms with van der Waals surface area (Å²) in [6, 6.07) is 3.13. The molecule has 0 radical (unpaired) electrons. The van der Waals surface area contributed by atoms with Gasteiger partial charge < -0.3 is 66.9 Å². The van der Waals surface area contributed by atoms with Crippen LogP contribution in [0.15, 0.2) is 41.9 Å². The van der Waals surface area contributed by atoms with E-state index in [0.717, 1.165) is 0 Å². The summed E-state index contributed by atoms with van der Waals surface area (Å²) in [7, 11) is 5.09. The van der Waals surface area contributed by atoms with Crippen LogP contribution in [0.1, 0.15) is 90.9 Å². The van der Waals surface area contributed by atoms with Gasteiger partial charge in [0.05, 0.1) is 39.1 Å². The van der Waals surface area contributed by atoms with Gasteiger partial charge in [0.1, 0.15) is 47.8 Å². The van der Waals surface area contributed by atoms with E-state index in [1.807, 2.05) is 0 Å². The second-order valence-electron chi connectivity index (χ2n) is 17.9. The maximum absolute atomic E-state index is 14.4. The van der Waals surface area contributed by atoms with Crippen LogP contribution in [0, 0.1) is 5.92 Å². The first-order valence-corrected chi connectivity index (χ1v) is 22.6. The van der Waals surface area contributed by atoms with Gasteiger partial charge in [0, 0.05) is 39.4 Å². The average Bonchev–Trinajstić information content (AvgIpc) is 3.84. The lowest BCUT2D eigenvalue weighted by Gasteiger charge is -2.27. The summed E-state index contributed by atoms with van der Waals surface area (Å²) in [5, 5.41) is 32.9. The van der Waals surface area contributed by atoms with Crippen LogP contribution in [0.5, 0.6) is 5.75 Å². The Hall–Kier alpha value is -6.46. The largest absolute Gasteiger partial charge is 0.497 e. The average molecular weight is 953 g/mol. The van der Waals surface area contributed by atoms with Gasteiger partial charge in [-0.25, -0.2) is 15.0 Å². The van der Waals surface area contributed by atoms with Crippen molar-refractivity contribution in [2.75, 3.05) is 45.8 Å². The van der Waals surface area contributed by atoms with Gasteiger partial charge in [-0.3, -0.25) is 33.5 Å². The Kier molecular flexibility index (Phi) is 20.4. The minimum Gasteiger partial charge on any atom is -0.497 e. The fraction of sp³-hybridized carbons (Fsp3) is 0.600. The molecule has 23 nitrogen and oxygen atoms in total. The maximum atomic E-state index is 14.4. The van der Waals surface area contributed by atoms with Crippen molar-refractivity contribution >= 4 is 58.3 Å². The number of fused-ring (bicyclic) bond motifs is 1. The SMILES string of the molecule is COc1ccc(CC(NC(=O)C(CCCCCC(C)=O)NC(=O)CNC(=O)C(CCCN=C(N)N)CC(=O)OC(C)(C)C)C(=O)NC2[C@@H](CO)O[C@@H](n3cnc4c(N(C)C)ncnc43)[C@H]2O)cc1. The van der Waals surface area contributed by atoms with E-state index in [1.54, 1.807) is 64.0 Å². The zero-order valence-electron chi connectivity index (χ0n) is 39.9. The van der Waals surface area contributed by atoms with E-state index >= 15 is 0 Å². The highest BCUT2D eigenvalue weighted by molar-refractivity contribution is 5.94. The molecule has 68 heavy (non-hydrogen) atoms. The number of aliphatic imine (C=N–C) groups is 1. The highest BCUT2D eigenvalue weighted by Crippen LogP contribution is 2.33. The van der Waals surface area contributed by atoms with Crippen molar-refractivity contribution < 1.29 is 53.2 Å². The quantitative estimate of drug-likeness (QED) is 0.0226. The number of carbonyl (C=O) groups is 6. The van der Waals surface area contributed by atoms with Crippen molar-refractivity contribution in [3.63, 3.8) is 0 Å². The van der Waals surface area contributed by atoms with Gasteiger partial charge in [-0.2, -0.15) is 0 Å². The second-order valence-corrected chi connectivity index (χ2v) is 17.9. The van der Waals surface area contributed by atoms with Gasteiger partial charge >= 0.3 is 5.97 Å². The molecule has 1 aliphatic rings. The molecule has 1 aromatic carbocycles. The maximum Gasteiger partial charge on any atom is 0.307 e. The molecule has 0 saturated carbocycles. The molecule has 1 saturated heterocycles. The number of ether oxygens (including phenoxy) is 3. The van der Waals surface area contributed by atoms with Crippen LogP contribution in [-0.2, 0) is 44.7 Å². The third-order valence-corrected chi connectivity index (χ3v) is 10.9. The summed E-state index contributed by atoms with van der Waals surface area (Å²) in [6.07, 6.45) is 1.29. The van der Waals surface area contributed by atoms with Crippen LogP contribution < -0.4 is 42.4 Å². The number of aromatic nitrogens is 4. The molecule has 1 aliphatic heterocycles. The fourth-order valence-electron chi connectivity index (χ4n) is 7.58. The Bertz CT molecular complexity index is 2210. The number of hydrogen-bond donors (Lipinski definition) is 8. The summed E-state index contributed by atoms with van der Waals surface area (Å²) < 4.78 is 18.3. The van der Waals surface area contributed by atoms with E-state index < -0.39 is 90.8 Å². The Morgan fingerprint density at radius 1 is 0.941 bits per heavy atom. The molecule has 2 aromatic heterocycles. The summed E-state index contributed by atoms with van der Waals surface area (Å²) in [6.45, 7) is 5.64. The van der Waals surface area contributed by atoms with Crippen LogP contribution in [-0.4, -0.2) is 148 Å². The highest BCUT2D eigenvalue weighted by Gasteiger charge is 2.46. The molecule has 4 rings (SSSR count). The monoisotopic (exact) mass is 953 g/mol. The molecule has 3 heterocycles. The van der Waals surface area contributed by atoms with Gasteiger partial charge in [0.2, 0.25) is 23.6 Å². The number of rotatable bonds is 26. The van der Waals surface area contributed by atoms with Crippen LogP contribution >= 0.6 is 0 Å². The number of guanidine groups is 1. The number of aliphatic hydroxyl groups is 2. The standard InChI is InChI=1S/C45H68N12O11/c1-26(59)12-9-8-10-14-30(53-33(60)22-49-40(63)28(13-11-19-48-44(46)47)21-34(61)68-45(2,3)4)41(64)54-31(20-27-15-17-29(66-7)18-16-27)42(65)55-35-32(23-58)67-43(37(35)62)57-25-52-36-38(56(5)6)50-24-51-39(36)57/h15-18,24-25,28,30-32,35,37,43,58,62H,8-14,19-23H2,1-7H3,(H,49,63)(H,53,60)(H,54,64)(H,55,65)(H4,46,47,48)/t28?,30?,31?,32-,35?,37+,43-/m1/s1. The normalized spacial score (nSPS) is 18.1. The number of benzene rings is 1. The van der Waals surface area contributed by atoms with Crippen molar-refractivity contribution in [1.29, 1.82) is 0 Å². The third kappa shape index (κ3) is 16.4. The summed E-state index contributed by atoms with van der Waals surface area (Å²) in [5.41, 5.74) is 11.5. The fourth-order valence-corrected chi connectivity index (χ4v) is 7.58. The van der Waals surface area contributed by atoms with Crippen molar-refractivity contribution in [2.45, 2.75) is 128 Å².